The smallest absolute Gasteiger partial charge is 0.287 e. The molecule has 1 fully saturated rings. The molecule has 3 aromatic heterocycles. The first-order valence-electron chi connectivity index (χ1n) is 9.07. The molecule has 8 heteroatoms. The van der Waals surface area contributed by atoms with Gasteiger partial charge in [0.2, 0.25) is 0 Å². The van der Waals surface area contributed by atoms with Crippen molar-refractivity contribution >= 4 is 17.7 Å². The van der Waals surface area contributed by atoms with E-state index in [1.54, 1.807) is 41.1 Å². The van der Waals surface area contributed by atoms with E-state index in [9.17, 15) is 4.79 Å². The van der Waals surface area contributed by atoms with Crippen LogP contribution < -0.4 is 5.32 Å². The lowest BCUT2D eigenvalue weighted by Crippen LogP contribution is -2.38. The summed E-state index contributed by atoms with van der Waals surface area (Å²) in [6.07, 6.45) is 11.1. The molecule has 3 heterocycles. The molecule has 4 rings (SSSR count). The van der Waals surface area contributed by atoms with Gasteiger partial charge in [-0.05, 0) is 49.9 Å². The maximum atomic E-state index is 12.4. The highest BCUT2D eigenvalue weighted by Gasteiger charge is 2.25. The first-order valence-corrected chi connectivity index (χ1v) is 9.95. The predicted molar refractivity (Wildman–Crippen MR) is 101 cm³/mol. The van der Waals surface area contributed by atoms with Crippen molar-refractivity contribution in [3.63, 3.8) is 0 Å². The SMILES string of the molecule is O=C(NC1CCC(Sc2ncccn2)CC1)c1ccc(Cn2cccn2)o1. The summed E-state index contributed by atoms with van der Waals surface area (Å²) in [6.45, 7) is 0.518. The molecule has 0 unspecified atom stereocenters. The van der Waals surface area contributed by atoms with Crippen LogP contribution >= 0.6 is 11.8 Å². The molecule has 0 aromatic carbocycles. The zero-order valence-electron chi connectivity index (χ0n) is 14.8. The lowest BCUT2D eigenvalue weighted by molar-refractivity contribution is 0.0898. The van der Waals surface area contributed by atoms with Gasteiger partial charge in [0, 0.05) is 36.1 Å². The second kappa shape index (κ2) is 8.39. The molecule has 0 atom stereocenters. The first-order chi connectivity index (χ1) is 13.3. The quantitative estimate of drug-likeness (QED) is 0.658. The third-order valence-electron chi connectivity index (χ3n) is 4.59. The lowest BCUT2D eigenvalue weighted by atomic mass is 9.95. The Kier molecular flexibility index (Phi) is 5.53. The maximum absolute atomic E-state index is 12.4. The number of nitrogens with zero attached hydrogens (tertiary/aromatic N) is 4. The molecule has 3 aromatic rings. The molecule has 0 radical (unpaired) electrons. The van der Waals surface area contributed by atoms with Crippen molar-refractivity contribution in [2.75, 3.05) is 0 Å². The Hall–Kier alpha value is -2.61. The van der Waals surface area contributed by atoms with Crippen LogP contribution in [0, 0.1) is 0 Å². The summed E-state index contributed by atoms with van der Waals surface area (Å²) in [5, 5.41) is 8.57. The predicted octanol–water partition coefficient (Wildman–Crippen LogP) is 3.15. The van der Waals surface area contributed by atoms with E-state index in [-0.39, 0.29) is 11.9 Å². The molecule has 7 nitrogen and oxygen atoms in total. The summed E-state index contributed by atoms with van der Waals surface area (Å²) in [5.74, 6) is 0.919. The number of thioether (sulfide) groups is 1. The first kappa shape index (κ1) is 17.8. The van der Waals surface area contributed by atoms with Crippen LogP contribution in [0.5, 0.6) is 0 Å². The normalized spacial score (nSPS) is 19.7. The molecular formula is C19H21N5O2S. The lowest BCUT2D eigenvalue weighted by Gasteiger charge is -2.28. The van der Waals surface area contributed by atoms with E-state index in [0.717, 1.165) is 30.8 Å². The number of rotatable bonds is 6. The Morgan fingerprint density at radius 3 is 2.70 bits per heavy atom. The summed E-state index contributed by atoms with van der Waals surface area (Å²) in [5.41, 5.74) is 0. The Labute approximate surface area is 161 Å². The van der Waals surface area contributed by atoms with Crippen molar-refractivity contribution in [1.82, 2.24) is 25.1 Å². The highest BCUT2D eigenvalue weighted by atomic mass is 32.2. The van der Waals surface area contributed by atoms with E-state index in [1.165, 1.54) is 0 Å². The zero-order valence-corrected chi connectivity index (χ0v) is 15.6. The van der Waals surface area contributed by atoms with Gasteiger partial charge in [0.05, 0.1) is 6.54 Å². The monoisotopic (exact) mass is 383 g/mol. The Bertz CT molecular complexity index is 857. The van der Waals surface area contributed by atoms with Crippen LogP contribution in [0.4, 0.5) is 0 Å². The van der Waals surface area contributed by atoms with Crippen LogP contribution in [-0.2, 0) is 6.54 Å². The Balaban J connectivity index is 1.25. The fraction of sp³-hybridized carbons (Fsp3) is 0.368. The molecule has 140 valence electrons. The van der Waals surface area contributed by atoms with Crippen molar-refractivity contribution < 1.29 is 9.21 Å². The number of hydrogen-bond acceptors (Lipinski definition) is 6. The van der Waals surface area contributed by atoms with Crippen LogP contribution in [0.1, 0.15) is 42.0 Å². The molecule has 1 saturated carbocycles. The van der Waals surface area contributed by atoms with Gasteiger partial charge in [0.15, 0.2) is 10.9 Å². The fourth-order valence-electron chi connectivity index (χ4n) is 3.22. The standard InChI is InChI=1S/C19H21N5O2S/c25-18(17-8-5-15(26-17)13-24-12-2-11-22-24)23-14-3-6-16(7-4-14)27-19-20-9-1-10-21-19/h1-2,5,8-12,14,16H,3-4,6-7,13H2,(H,23,25). The second-order valence-electron chi connectivity index (χ2n) is 6.57. The van der Waals surface area contributed by atoms with E-state index in [1.807, 2.05) is 24.4 Å². The van der Waals surface area contributed by atoms with E-state index in [4.69, 9.17) is 4.42 Å². The number of carbonyl (C=O) groups is 1. The minimum atomic E-state index is -0.149. The topological polar surface area (TPSA) is 85.8 Å². The molecule has 27 heavy (non-hydrogen) atoms. The molecular weight excluding hydrogens is 362 g/mol. The highest BCUT2D eigenvalue weighted by molar-refractivity contribution is 7.99. The van der Waals surface area contributed by atoms with Crippen molar-refractivity contribution in [2.24, 2.45) is 0 Å². The minimum absolute atomic E-state index is 0.149. The number of aromatic nitrogens is 4. The van der Waals surface area contributed by atoms with Gasteiger partial charge in [-0.25, -0.2) is 9.97 Å². The van der Waals surface area contributed by atoms with Crippen LogP contribution in [0.25, 0.3) is 0 Å². The molecule has 1 aliphatic carbocycles. The van der Waals surface area contributed by atoms with Gasteiger partial charge in [0.25, 0.3) is 5.91 Å². The average Bonchev–Trinajstić information content (AvgIpc) is 3.37. The van der Waals surface area contributed by atoms with Gasteiger partial charge in [-0.1, -0.05) is 11.8 Å². The molecule has 1 aliphatic rings. The van der Waals surface area contributed by atoms with Crippen molar-refractivity contribution in [3.05, 3.63) is 60.6 Å². The second-order valence-corrected chi connectivity index (χ2v) is 7.83. The number of nitrogens with one attached hydrogen (secondary N) is 1. The summed E-state index contributed by atoms with van der Waals surface area (Å²) in [6, 6.07) is 7.42. The van der Waals surface area contributed by atoms with Crippen LogP contribution in [0.2, 0.25) is 0 Å². The van der Waals surface area contributed by atoms with Crippen molar-refractivity contribution in [2.45, 2.75) is 48.7 Å². The Morgan fingerprint density at radius 2 is 1.96 bits per heavy atom. The number of carbonyl (C=O) groups excluding carboxylic acids is 1. The van der Waals surface area contributed by atoms with Crippen molar-refractivity contribution in [3.8, 4) is 0 Å². The van der Waals surface area contributed by atoms with Crippen LogP contribution in [-0.4, -0.2) is 36.9 Å². The van der Waals surface area contributed by atoms with Gasteiger partial charge >= 0.3 is 0 Å². The molecule has 0 saturated heterocycles. The molecule has 0 bridgehead atoms. The number of furan rings is 1. The summed E-state index contributed by atoms with van der Waals surface area (Å²) >= 11 is 1.73. The highest BCUT2D eigenvalue weighted by Crippen LogP contribution is 2.31. The van der Waals surface area contributed by atoms with Gasteiger partial charge in [-0.3, -0.25) is 9.48 Å². The largest absolute Gasteiger partial charge is 0.454 e. The van der Waals surface area contributed by atoms with E-state index >= 15 is 0 Å². The minimum Gasteiger partial charge on any atom is -0.454 e. The summed E-state index contributed by atoms with van der Waals surface area (Å²) in [7, 11) is 0. The third-order valence-corrected chi connectivity index (χ3v) is 5.81. The number of amides is 1. The van der Waals surface area contributed by atoms with Gasteiger partial charge in [0.1, 0.15) is 5.76 Å². The van der Waals surface area contributed by atoms with E-state index < -0.39 is 0 Å². The van der Waals surface area contributed by atoms with Crippen LogP contribution in [0.3, 0.4) is 0 Å². The van der Waals surface area contributed by atoms with Crippen molar-refractivity contribution in [1.29, 1.82) is 0 Å². The van der Waals surface area contributed by atoms with Crippen LogP contribution in [0.15, 0.2) is 58.6 Å². The molecule has 0 aliphatic heterocycles. The molecule has 1 amide bonds. The molecule has 1 N–H and O–H groups in total. The van der Waals surface area contributed by atoms with E-state index in [0.29, 0.717) is 23.3 Å². The van der Waals surface area contributed by atoms with Gasteiger partial charge in [-0.15, -0.1) is 0 Å². The summed E-state index contributed by atoms with van der Waals surface area (Å²) < 4.78 is 7.43. The van der Waals surface area contributed by atoms with E-state index in [2.05, 4.69) is 20.4 Å². The zero-order chi connectivity index (χ0) is 18.5. The fourth-order valence-corrected chi connectivity index (χ4v) is 4.26. The van der Waals surface area contributed by atoms with Gasteiger partial charge in [-0.2, -0.15) is 5.10 Å². The Morgan fingerprint density at radius 1 is 1.15 bits per heavy atom. The molecule has 0 spiro atoms. The summed E-state index contributed by atoms with van der Waals surface area (Å²) in [4.78, 5) is 21.0. The van der Waals surface area contributed by atoms with Gasteiger partial charge < -0.3 is 9.73 Å². The third kappa shape index (κ3) is 4.77. The number of hydrogen-bond donors (Lipinski definition) is 1. The average molecular weight is 383 g/mol. The maximum Gasteiger partial charge on any atom is 0.287 e.